The molecule has 1 radical (unpaired) electrons. The molecule has 1 aromatic carbocycles. The molecular formula is C8H3ClF3O. The van der Waals surface area contributed by atoms with E-state index in [0.29, 0.717) is 0 Å². The van der Waals surface area contributed by atoms with Crippen LogP contribution in [0.15, 0.2) is 18.2 Å². The number of benzene rings is 1. The van der Waals surface area contributed by atoms with E-state index in [1.54, 1.807) is 0 Å². The number of hydrogen-bond donors (Lipinski definition) is 0. The van der Waals surface area contributed by atoms with Gasteiger partial charge in [0, 0.05) is 10.6 Å². The predicted molar refractivity (Wildman–Crippen MR) is 41.2 cm³/mol. The van der Waals surface area contributed by atoms with Gasteiger partial charge in [-0.1, -0.05) is 11.6 Å². The van der Waals surface area contributed by atoms with E-state index < -0.39 is 17.3 Å². The lowest BCUT2D eigenvalue weighted by molar-refractivity contribution is -0.137. The van der Waals surface area contributed by atoms with Crippen LogP contribution in [-0.2, 0) is 11.0 Å². The van der Waals surface area contributed by atoms with E-state index in [9.17, 15) is 18.0 Å². The molecule has 0 fully saturated rings. The zero-order valence-electron chi connectivity index (χ0n) is 6.15. The molecule has 1 nitrogen and oxygen atoms in total. The Bertz CT molecular complexity index is 333. The minimum Gasteiger partial charge on any atom is -0.285 e. The van der Waals surface area contributed by atoms with Crippen molar-refractivity contribution in [1.29, 1.82) is 0 Å². The van der Waals surface area contributed by atoms with Crippen molar-refractivity contribution < 1.29 is 18.0 Å². The summed E-state index contributed by atoms with van der Waals surface area (Å²) < 4.78 is 36.4. The summed E-state index contributed by atoms with van der Waals surface area (Å²) in [6, 6.07) is 2.76. The van der Waals surface area contributed by atoms with Crippen LogP contribution in [0.1, 0.15) is 11.1 Å². The fourth-order valence-corrected chi connectivity index (χ4v) is 1.02. The normalized spacial score (nSPS) is 11.4. The molecule has 0 aliphatic rings. The van der Waals surface area contributed by atoms with Crippen LogP contribution in [0.5, 0.6) is 0 Å². The maximum Gasteiger partial charge on any atom is 0.417 e. The highest BCUT2D eigenvalue weighted by Gasteiger charge is 2.33. The first-order chi connectivity index (χ1) is 5.95. The van der Waals surface area contributed by atoms with E-state index >= 15 is 0 Å². The molecule has 69 valence electrons. The summed E-state index contributed by atoms with van der Waals surface area (Å²) in [5.74, 6) is 0. The van der Waals surface area contributed by atoms with Gasteiger partial charge in [0.05, 0.1) is 5.56 Å². The fourth-order valence-electron chi connectivity index (χ4n) is 0.848. The van der Waals surface area contributed by atoms with Gasteiger partial charge in [0.15, 0.2) is 0 Å². The van der Waals surface area contributed by atoms with Crippen LogP contribution in [-0.4, -0.2) is 6.29 Å². The third kappa shape index (κ3) is 2.21. The zero-order valence-corrected chi connectivity index (χ0v) is 6.91. The highest BCUT2D eigenvalue weighted by atomic mass is 35.5. The summed E-state index contributed by atoms with van der Waals surface area (Å²) in [4.78, 5) is 10.1. The third-order valence-corrected chi connectivity index (χ3v) is 1.63. The SMILES string of the molecule is O=[C]c1cc(Cl)ccc1C(F)(F)F. The minimum absolute atomic E-state index is 0.0753. The molecule has 0 bridgehead atoms. The molecule has 0 N–H and O–H groups in total. The first-order valence-corrected chi connectivity index (χ1v) is 3.58. The van der Waals surface area contributed by atoms with Gasteiger partial charge in [-0.3, -0.25) is 4.79 Å². The second-order valence-electron chi connectivity index (χ2n) is 2.29. The van der Waals surface area contributed by atoms with Gasteiger partial charge in [-0.2, -0.15) is 13.2 Å². The van der Waals surface area contributed by atoms with Crippen molar-refractivity contribution in [3.8, 4) is 0 Å². The van der Waals surface area contributed by atoms with Crippen molar-refractivity contribution in [2.45, 2.75) is 6.18 Å². The van der Waals surface area contributed by atoms with Gasteiger partial charge in [-0.15, -0.1) is 0 Å². The van der Waals surface area contributed by atoms with E-state index in [4.69, 9.17) is 11.6 Å². The molecule has 13 heavy (non-hydrogen) atoms. The number of rotatable bonds is 1. The van der Waals surface area contributed by atoms with E-state index in [1.807, 2.05) is 0 Å². The zero-order chi connectivity index (χ0) is 10.1. The summed E-state index contributed by atoms with van der Waals surface area (Å²) in [6.07, 6.45) is -3.36. The molecule has 0 saturated heterocycles. The summed E-state index contributed by atoms with van der Waals surface area (Å²) >= 11 is 5.40. The van der Waals surface area contributed by atoms with Crippen LogP contribution in [0.3, 0.4) is 0 Å². The molecule has 0 aliphatic heterocycles. The third-order valence-electron chi connectivity index (χ3n) is 1.40. The van der Waals surface area contributed by atoms with Crippen molar-refractivity contribution in [3.05, 3.63) is 34.3 Å². The lowest BCUT2D eigenvalue weighted by atomic mass is 10.1. The number of alkyl halides is 3. The number of hydrogen-bond acceptors (Lipinski definition) is 1. The van der Waals surface area contributed by atoms with E-state index in [0.717, 1.165) is 18.2 Å². The Morgan fingerprint density at radius 1 is 1.31 bits per heavy atom. The summed E-state index contributed by atoms with van der Waals surface area (Å²) in [7, 11) is 0. The van der Waals surface area contributed by atoms with Gasteiger partial charge in [-0.05, 0) is 18.2 Å². The van der Waals surface area contributed by atoms with Crippen LogP contribution >= 0.6 is 11.6 Å². The Morgan fingerprint density at radius 3 is 2.38 bits per heavy atom. The van der Waals surface area contributed by atoms with Crippen LogP contribution in [0.4, 0.5) is 13.2 Å². The standard InChI is InChI=1S/C8H3ClF3O/c9-6-1-2-7(8(10,11)12)5(3-6)4-13/h1-3H. The lowest BCUT2D eigenvalue weighted by Gasteiger charge is -2.08. The number of carbonyl (C=O) groups excluding carboxylic acids is 1. The maximum absolute atomic E-state index is 12.1. The molecule has 5 heteroatoms. The van der Waals surface area contributed by atoms with Crippen molar-refractivity contribution in [2.75, 3.05) is 0 Å². The summed E-state index contributed by atoms with van der Waals surface area (Å²) in [5.41, 5.74) is -1.59. The minimum atomic E-state index is -4.54. The average Bonchev–Trinajstić information content (AvgIpc) is 2.01. The Labute approximate surface area is 77.1 Å². The van der Waals surface area contributed by atoms with Gasteiger partial charge >= 0.3 is 6.18 Å². The Kier molecular flexibility index (Phi) is 2.61. The van der Waals surface area contributed by atoms with Crippen LogP contribution in [0.25, 0.3) is 0 Å². The van der Waals surface area contributed by atoms with Crippen molar-refractivity contribution >= 4 is 17.9 Å². The highest BCUT2D eigenvalue weighted by molar-refractivity contribution is 6.30. The van der Waals surface area contributed by atoms with Crippen LogP contribution in [0, 0.1) is 0 Å². The van der Waals surface area contributed by atoms with Crippen LogP contribution < -0.4 is 0 Å². The molecule has 0 saturated carbocycles. The van der Waals surface area contributed by atoms with Gasteiger partial charge in [0.1, 0.15) is 0 Å². The fraction of sp³-hybridized carbons (Fsp3) is 0.125. The highest BCUT2D eigenvalue weighted by Crippen LogP contribution is 2.32. The van der Waals surface area contributed by atoms with Gasteiger partial charge in [0.2, 0.25) is 6.29 Å². The second kappa shape index (κ2) is 3.38. The molecule has 0 aromatic heterocycles. The van der Waals surface area contributed by atoms with Crippen LogP contribution in [0.2, 0.25) is 5.02 Å². The average molecular weight is 208 g/mol. The lowest BCUT2D eigenvalue weighted by Crippen LogP contribution is -2.08. The van der Waals surface area contributed by atoms with Crippen molar-refractivity contribution in [3.63, 3.8) is 0 Å². The largest absolute Gasteiger partial charge is 0.417 e. The predicted octanol–water partition coefficient (Wildman–Crippen LogP) is 2.82. The first kappa shape index (κ1) is 10.1. The van der Waals surface area contributed by atoms with Crippen molar-refractivity contribution in [1.82, 2.24) is 0 Å². The Morgan fingerprint density at radius 2 is 1.92 bits per heavy atom. The number of halogens is 4. The topological polar surface area (TPSA) is 17.1 Å². The van der Waals surface area contributed by atoms with E-state index in [-0.39, 0.29) is 5.02 Å². The summed E-state index contributed by atoms with van der Waals surface area (Å²) in [5, 5.41) is 0.0753. The van der Waals surface area contributed by atoms with E-state index in [2.05, 4.69) is 0 Å². The van der Waals surface area contributed by atoms with E-state index in [1.165, 1.54) is 6.29 Å². The van der Waals surface area contributed by atoms with Gasteiger partial charge in [0.25, 0.3) is 0 Å². The molecular weight excluding hydrogens is 205 g/mol. The molecule has 0 heterocycles. The molecule has 0 aliphatic carbocycles. The molecule has 0 amide bonds. The molecule has 0 atom stereocenters. The van der Waals surface area contributed by atoms with Gasteiger partial charge in [-0.25, -0.2) is 0 Å². The van der Waals surface area contributed by atoms with Crippen molar-refractivity contribution in [2.24, 2.45) is 0 Å². The first-order valence-electron chi connectivity index (χ1n) is 3.20. The molecule has 1 aromatic rings. The smallest absolute Gasteiger partial charge is 0.285 e. The Balaban J connectivity index is 3.29. The monoisotopic (exact) mass is 207 g/mol. The Hall–Kier alpha value is -1.03. The van der Waals surface area contributed by atoms with Gasteiger partial charge < -0.3 is 0 Å². The molecule has 0 spiro atoms. The summed E-state index contributed by atoms with van der Waals surface area (Å²) in [6.45, 7) is 0. The molecule has 1 rings (SSSR count). The maximum atomic E-state index is 12.1. The quantitative estimate of drug-likeness (QED) is 0.692. The molecule has 0 unspecified atom stereocenters. The second-order valence-corrected chi connectivity index (χ2v) is 2.73.